The predicted molar refractivity (Wildman–Crippen MR) is 103 cm³/mol. The Morgan fingerprint density at radius 2 is 2.00 bits per heavy atom. The van der Waals surface area contributed by atoms with Crippen LogP contribution in [0.5, 0.6) is 0 Å². The molecule has 0 radical (unpaired) electrons. The first-order chi connectivity index (χ1) is 11.3. The highest BCUT2D eigenvalue weighted by Crippen LogP contribution is 2.18. The van der Waals surface area contributed by atoms with Crippen LogP contribution in [-0.4, -0.2) is 65.3 Å². The third kappa shape index (κ3) is 5.82. The SMILES string of the molecule is CCN(CCNC(=NC)N(C)Cc1cn(C)nc1C(C)C)C(C)C. The van der Waals surface area contributed by atoms with Gasteiger partial charge in [-0.3, -0.25) is 14.6 Å². The summed E-state index contributed by atoms with van der Waals surface area (Å²) in [4.78, 5) is 9.02. The van der Waals surface area contributed by atoms with E-state index >= 15 is 0 Å². The molecule has 1 N–H and O–H groups in total. The van der Waals surface area contributed by atoms with Gasteiger partial charge in [-0.05, 0) is 26.3 Å². The average molecular weight is 337 g/mol. The van der Waals surface area contributed by atoms with Gasteiger partial charge in [0.15, 0.2) is 5.96 Å². The van der Waals surface area contributed by atoms with Crippen molar-refractivity contribution in [3.05, 3.63) is 17.5 Å². The van der Waals surface area contributed by atoms with E-state index in [2.05, 4.69) is 73.1 Å². The lowest BCUT2D eigenvalue weighted by atomic mass is 10.1. The quantitative estimate of drug-likeness (QED) is 0.584. The van der Waals surface area contributed by atoms with Gasteiger partial charge in [-0.15, -0.1) is 0 Å². The Hall–Kier alpha value is -1.56. The van der Waals surface area contributed by atoms with Crippen molar-refractivity contribution >= 4 is 5.96 Å². The molecule has 0 spiro atoms. The monoisotopic (exact) mass is 336 g/mol. The highest BCUT2D eigenvalue weighted by molar-refractivity contribution is 5.79. The zero-order valence-corrected chi connectivity index (χ0v) is 16.8. The van der Waals surface area contributed by atoms with Gasteiger partial charge in [0.1, 0.15) is 0 Å². The van der Waals surface area contributed by atoms with E-state index < -0.39 is 0 Å². The highest BCUT2D eigenvalue weighted by atomic mass is 15.3. The molecule has 0 saturated heterocycles. The van der Waals surface area contributed by atoms with Gasteiger partial charge in [0.2, 0.25) is 0 Å². The zero-order valence-electron chi connectivity index (χ0n) is 16.8. The maximum Gasteiger partial charge on any atom is 0.193 e. The minimum Gasteiger partial charge on any atom is -0.355 e. The van der Waals surface area contributed by atoms with Crippen LogP contribution >= 0.6 is 0 Å². The molecular formula is C18H36N6. The van der Waals surface area contributed by atoms with Gasteiger partial charge < -0.3 is 10.2 Å². The highest BCUT2D eigenvalue weighted by Gasteiger charge is 2.15. The van der Waals surface area contributed by atoms with Crippen LogP contribution in [0.3, 0.4) is 0 Å². The van der Waals surface area contributed by atoms with Crippen molar-refractivity contribution in [2.24, 2.45) is 12.0 Å². The Kier molecular flexibility index (Phi) is 8.25. The molecule has 1 aromatic rings. The molecule has 0 aromatic carbocycles. The van der Waals surface area contributed by atoms with E-state index in [1.54, 1.807) is 0 Å². The summed E-state index contributed by atoms with van der Waals surface area (Å²) in [6, 6.07) is 0.570. The summed E-state index contributed by atoms with van der Waals surface area (Å²) in [7, 11) is 5.89. The van der Waals surface area contributed by atoms with Crippen molar-refractivity contribution in [3.8, 4) is 0 Å². The molecule has 138 valence electrons. The van der Waals surface area contributed by atoms with Crippen molar-refractivity contribution in [2.75, 3.05) is 33.7 Å². The van der Waals surface area contributed by atoms with E-state index in [4.69, 9.17) is 0 Å². The number of guanidine groups is 1. The lowest BCUT2D eigenvalue weighted by Crippen LogP contribution is -2.43. The van der Waals surface area contributed by atoms with E-state index in [0.717, 1.165) is 37.8 Å². The van der Waals surface area contributed by atoms with Crippen molar-refractivity contribution in [1.29, 1.82) is 0 Å². The predicted octanol–water partition coefficient (Wildman–Crippen LogP) is 2.28. The molecule has 0 saturated carbocycles. The summed E-state index contributed by atoms with van der Waals surface area (Å²) in [5.41, 5.74) is 2.42. The molecule has 6 nitrogen and oxygen atoms in total. The van der Waals surface area contributed by atoms with Crippen LogP contribution in [0.15, 0.2) is 11.2 Å². The van der Waals surface area contributed by atoms with Crippen molar-refractivity contribution in [3.63, 3.8) is 0 Å². The fourth-order valence-corrected chi connectivity index (χ4v) is 2.97. The third-order valence-corrected chi connectivity index (χ3v) is 4.28. The maximum absolute atomic E-state index is 4.59. The van der Waals surface area contributed by atoms with Crippen LogP contribution < -0.4 is 5.32 Å². The molecule has 0 aliphatic rings. The molecule has 0 bridgehead atoms. The lowest BCUT2D eigenvalue weighted by molar-refractivity contribution is 0.236. The largest absolute Gasteiger partial charge is 0.355 e. The standard InChI is InChI=1S/C18H36N6/c1-9-24(15(4)5)11-10-20-18(19-6)22(7)12-16-13-23(8)21-17(16)14(2)3/h13-15H,9-12H2,1-8H3,(H,19,20). The first-order valence-corrected chi connectivity index (χ1v) is 8.98. The number of aryl methyl sites for hydroxylation is 1. The molecule has 1 heterocycles. The molecule has 0 fully saturated rings. The van der Waals surface area contributed by atoms with Gasteiger partial charge in [0.25, 0.3) is 0 Å². The molecule has 1 aromatic heterocycles. The van der Waals surface area contributed by atoms with Gasteiger partial charge in [0, 0.05) is 58.6 Å². The number of rotatable bonds is 8. The maximum atomic E-state index is 4.59. The van der Waals surface area contributed by atoms with Crippen LogP contribution in [0.4, 0.5) is 0 Å². The number of likely N-dealkylation sites (N-methyl/N-ethyl adjacent to an activating group) is 1. The van der Waals surface area contributed by atoms with E-state index in [1.807, 2.05) is 18.8 Å². The molecule has 0 amide bonds. The number of hydrogen-bond acceptors (Lipinski definition) is 3. The molecule has 0 aliphatic heterocycles. The van der Waals surface area contributed by atoms with Gasteiger partial charge >= 0.3 is 0 Å². The van der Waals surface area contributed by atoms with Crippen molar-refractivity contribution < 1.29 is 0 Å². The second kappa shape index (κ2) is 9.67. The Morgan fingerprint density at radius 1 is 1.33 bits per heavy atom. The fraction of sp³-hybridized carbons (Fsp3) is 0.778. The summed E-state index contributed by atoms with van der Waals surface area (Å²) in [5, 5.41) is 8.06. The van der Waals surface area contributed by atoms with E-state index in [9.17, 15) is 0 Å². The molecule has 24 heavy (non-hydrogen) atoms. The lowest BCUT2D eigenvalue weighted by Gasteiger charge is -2.27. The Labute approximate surface area is 147 Å². The van der Waals surface area contributed by atoms with Crippen molar-refractivity contribution in [2.45, 2.75) is 53.1 Å². The fourth-order valence-electron chi connectivity index (χ4n) is 2.97. The number of aliphatic imine (C=N–C) groups is 1. The van der Waals surface area contributed by atoms with E-state index in [1.165, 1.54) is 5.56 Å². The van der Waals surface area contributed by atoms with Crippen molar-refractivity contribution in [1.82, 2.24) is 24.9 Å². The summed E-state index contributed by atoms with van der Waals surface area (Å²) in [5.74, 6) is 1.35. The molecule has 1 rings (SSSR count). The van der Waals surface area contributed by atoms with Crippen LogP contribution in [0, 0.1) is 0 Å². The third-order valence-electron chi connectivity index (χ3n) is 4.28. The zero-order chi connectivity index (χ0) is 18.3. The Bertz CT molecular complexity index is 518. The minimum atomic E-state index is 0.425. The smallest absolute Gasteiger partial charge is 0.193 e. The number of nitrogens with zero attached hydrogens (tertiary/aromatic N) is 5. The van der Waals surface area contributed by atoms with Gasteiger partial charge in [0.05, 0.1) is 5.69 Å². The van der Waals surface area contributed by atoms with Crippen LogP contribution in [0.2, 0.25) is 0 Å². The van der Waals surface area contributed by atoms with Gasteiger partial charge in [-0.2, -0.15) is 5.10 Å². The first-order valence-electron chi connectivity index (χ1n) is 8.98. The van der Waals surface area contributed by atoms with E-state index in [-0.39, 0.29) is 0 Å². The van der Waals surface area contributed by atoms with Crippen LogP contribution in [0.25, 0.3) is 0 Å². The van der Waals surface area contributed by atoms with Gasteiger partial charge in [-0.25, -0.2) is 0 Å². The van der Waals surface area contributed by atoms with Crippen LogP contribution in [0.1, 0.15) is 51.8 Å². The number of nitrogens with one attached hydrogen (secondary N) is 1. The summed E-state index contributed by atoms with van der Waals surface area (Å²) in [6.07, 6.45) is 2.11. The summed E-state index contributed by atoms with van der Waals surface area (Å²) in [6.45, 7) is 14.8. The molecule has 0 unspecified atom stereocenters. The minimum absolute atomic E-state index is 0.425. The van der Waals surface area contributed by atoms with Gasteiger partial charge in [-0.1, -0.05) is 20.8 Å². The second-order valence-electron chi connectivity index (χ2n) is 6.92. The Morgan fingerprint density at radius 3 is 2.50 bits per heavy atom. The molecule has 0 atom stereocenters. The summed E-state index contributed by atoms with van der Waals surface area (Å²) < 4.78 is 1.90. The number of aromatic nitrogens is 2. The normalized spacial score (nSPS) is 12.5. The number of hydrogen-bond donors (Lipinski definition) is 1. The second-order valence-corrected chi connectivity index (χ2v) is 6.92. The topological polar surface area (TPSA) is 48.7 Å². The molecular weight excluding hydrogens is 300 g/mol. The van der Waals surface area contributed by atoms with E-state index in [0.29, 0.717) is 12.0 Å². The average Bonchev–Trinajstić information content (AvgIpc) is 2.87. The van der Waals surface area contributed by atoms with Crippen LogP contribution in [-0.2, 0) is 13.6 Å². The first kappa shape index (κ1) is 20.5. The summed E-state index contributed by atoms with van der Waals surface area (Å²) >= 11 is 0. The Balaban J connectivity index is 2.63. The molecule has 6 heteroatoms. The molecule has 0 aliphatic carbocycles.